The lowest BCUT2D eigenvalue weighted by Crippen LogP contribution is -1.88. The van der Waals surface area contributed by atoms with E-state index in [-0.39, 0.29) is 5.82 Å². The van der Waals surface area contributed by atoms with Gasteiger partial charge in [0.2, 0.25) is 0 Å². The predicted octanol–water partition coefficient (Wildman–Crippen LogP) is 2.75. The quantitative estimate of drug-likeness (QED) is 0.614. The Morgan fingerprint density at radius 1 is 1.50 bits per heavy atom. The van der Waals surface area contributed by atoms with Crippen molar-refractivity contribution in [3.05, 3.63) is 41.7 Å². The standard InChI is InChI=1S/C10H11FO/c1-7-6-9(8(2)12-3)4-5-10(7)11/h4-6H,2H2,1,3H3. The minimum atomic E-state index is -0.206. The van der Waals surface area contributed by atoms with Crippen LogP contribution < -0.4 is 0 Å². The van der Waals surface area contributed by atoms with Gasteiger partial charge in [0.1, 0.15) is 11.6 Å². The van der Waals surface area contributed by atoms with Crippen LogP contribution in [0.5, 0.6) is 0 Å². The van der Waals surface area contributed by atoms with E-state index in [4.69, 9.17) is 4.74 Å². The van der Waals surface area contributed by atoms with E-state index in [1.54, 1.807) is 26.2 Å². The fourth-order valence-electron chi connectivity index (χ4n) is 0.936. The van der Waals surface area contributed by atoms with Crippen LogP contribution in [0.1, 0.15) is 11.1 Å². The summed E-state index contributed by atoms with van der Waals surface area (Å²) in [5, 5.41) is 0. The molecule has 0 spiro atoms. The maximum absolute atomic E-state index is 12.8. The largest absolute Gasteiger partial charge is 0.497 e. The zero-order valence-electron chi connectivity index (χ0n) is 7.23. The molecule has 0 aliphatic carbocycles. The molecule has 0 aliphatic rings. The van der Waals surface area contributed by atoms with Crippen LogP contribution in [0.2, 0.25) is 0 Å². The Hall–Kier alpha value is -1.31. The van der Waals surface area contributed by atoms with Crippen molar-refractivity contribution in [1.29, 1.82) is 0 Å². The molecule has 2 heteroatoms. The molecule has 0 N–H and O–H groups in total. The van der Waals surface area contributed by atoms with Gasteiger partial charge in [0.15, 0.2) is 0 Å². The molecule has 0 aromatic heterocycles. The van der Waals surface area contributed by atoms with E-state index in [1.165, 1.54) is 6.07 Å². The smallest absolute Gasteiger partial charge is 0.126 e. The zero-order valence-corrected chi connectivity index (χ0v) is 7.23. The van der Waals surface area contributed by atoms with E-state index in [0.717, 1.165) is 5.56 Å². The van der Waals surface area contributed by atoms with Crippen LogP contribution in [0.3, 0.4) is 0 Å². The van der Waals surface area contributed by atoms with Crippen molar-refractivity contribution in [3.8, 4) is 0 Å². The molecule has 0 fully saturated rings. The number of ether oxygens (including phenoxy) is 1. The van der Waals surface area contributed by atoms with Crippen LogP contribution in [0.15, 0.2) is 24.8 Å². The van der Waals surface area contributed by atoms with Gasteiger partial charge in [0.25, 0.3) is 0 Å². The molecule has 12 heavy (non-hydrogen) atoms. The highest BCUT2D eigenvalue weighted by atomic mass is 19.1. The lowest BCUT2D eigenvalue weighted by atomic mass is 10.1. The van der Waals surface area contributed by atoms with Crippen molar-refractivity contribution in [3.63, 3.8) is 0 Å². The van der Waals surface area contributed by atoms with Crippen molar-refractivity contribution in [2.45, 2.75) is 6.92 Å². The molecule has 1 aromatic rings. The number of hydrogen-bond donors (Lipinski definition) is 0. The molecule has 0 radical (unpaired) electrons. The minimum Gasteiger partial charge on any atom is -0.497 e. The van der Waals surface area contributed by atoms with Crippen LogP contribution in [0.4, 0.5) is 4.39 Å². The minimum absolute atomic E-state index is 0.206. The Labute approximate surface area is 71.5 Å². The molecular formula is C10H11FO. The van der Waals surface area contributed by atoms with Gasteiger partial charge in [-0.3, -0.25) is 0 Å². The summed E-state index contributed by atoms with van der Waals surface area (Å²) in [6, 6.07) is 4.77. The van der Waals surface area contributed by atoms with Gasteiger partial charge in [-0.1, -0.05) is 6.58 Å². The van der Waals surface area contributed by atoms with Gasteiger partial charge in [-0.05, 0) is 30.7 Å². The number of methoxy groups -OCH3 is 1. The van der Waals surface area contributed by atoms with Gasteiger partial charge >= 0.3 is 0 Å². The highest BCUT2D eigenvalue weighted by molar-refractivity contribution is 5.57. The number of rotatable bonds is 2. The molecule has 0 saturated heterocycles. The monoisotopic (exact) mass is 166 g/mol. The Morgan fingerprint density at radius 3 is 2.67 bits per heavy atom. The molecule has 0 amide bonds. The number of aryl methyl sites for hydroxylation is 1. The van der Waals surface area contributed by atoms with E-state index in [1.807, 2.05) is 0 Å². The highest BCUT2D eigenvalue weighted by Crippen LogP contribution is 2.16. The van der Waals surface area contributed by atoms with Crippen molar-refractivity contribution in [1.82, 2.24) is 0 Å². The second-order valence-electron chi connectivity index (χ2n) is 2.59. The fraction of sp³-hybridized carbons (Fsp3) is 0.200. The average molecular weight is 166 g/mol. The van der Waals surface area contributed by atoms with Crippen LogP contribution >= 0.6 is 0 Å². The predicted molar refractivity (Wildman–Crippen MR) is 47.2 cm³/mol. The van der Waals surface area contributed by atoms with Crippen molar-refractivity contribution >= 4 is 5.76 Å². The average Bonchev–Trinajstić information content (AvgIpc) is 2.08. The fourth-order valence-corrected chi connectivity index (χ4v) is 0.936. The van der Waals surface area contributed by atoms with E-state index in [2.05, 4.69) is 6.58 Å². The van der Waals surface area contributed by atoms with Crippen LogP contribution in [-0.2, 0) is 4.74 Å². The maximum Gasteiger partial charge on any atom is 0.126 e. The Morgan fingerprint density at radius 2 is 2.17 bits per heavy atom. The summed E-state index contributed by atoms with van der Waals surface area (Å²) in [7, 11) is 1.54. The van der Waals surface area contributed by atoms with Gasteiger partial charge in [0, 0.05) is 5.56 Å². The third-order valence-corrected chi connectivity index (χ3v) is 1.73. The van der Waals surface area contributed by atoms with Gasteiger partial charge in [-0.25, -0.2) is 4.39 Å². The van der Waals surface area contributed by atoms with Gasteiger partial charge in [-0.2, -0.15) is 0 Å². The van der Waals surface area contributed by atoms with Crippen molar-refractivity contribution < 1.29 is 9.13 Å². The van der Waals surface area contributed by atoms with E-state index in [0.29, 0.717) is 11.3 Å². The molecular weight excluding hydrogens is 155 g/mol. The first-order chi connectivity index (χ1) is 5.65. The van der Waals surface area contributed by atoms with Crippen LogP contribution in [0.25, 0.3) is 5.76 Å². The molecule has 1 rings (SSSR count). The lowest BCUT2D eigenvalue weighted by molar-refractivity contribution is 0.371. The number of halogens is 1. The first-order valence-corrected chi connectivity index (χ1v) is 3.64. The molecule has 1 aromatic carbocycles. The van der Waals surface area contributed by atoms with Crippen LogP contribution in [-0.4, -0.2) is 7.11 Å². The van der Waals surface area contributed by atoms with E-state index < -0.39 is 0 Å². The Balaban J connectivity index is 3.05. The number of hydrogen-bond acceptors (Lipinski definition) is 1. The first-order valence-electron chi connectivity index (χ1n) is 3.64. The second-order valence-corrected chi connectivity index (χ2v) is 2.59. The highest BCUT2D eigenvalue weighted by Gasteiger charge is 2.01. The summed E-state index contributed by atoms with van der Waals surface area (Å²) >= 11 is 0. The summed E-state index contributed by atoms with van der Waals surface area (Å²) in [4.78, 5) is 0. The topological polar surface area (TPSA) is 9.23 Å². The Bertz CT molecular complexity index is 305. The second kappa shape index (κ2) is 3.39. The molecule has 0 aliphatic heterocycles. The summed E-state index contributed by atoms with van der Waals surface area (Å²) in [5.74, 6) is 0.348. The maximum atomic E-state index is 12.8. The molecule has 0 heterocycles. The molecule has 1 nitrogen and oxygen atoms in total. The molecule has 0 atom stereocenters. The third kappa shape index (κ3) is 1.64. The number of benzene rings is 1. The Kier molecular flexibility index (Phi) is 2.48. The summed E-state index contributed by atoms with van der Waals surface area (Å²) < 4.78 is 17.7. The zero-order chi connectivity index (χ0) is 9.14. The molecule has 64 valence electrons. The van der Waals surface area contributed by atoms with Gasteiger partial charge in [-0.15, -0.1) is 0 Å². The third-order valence-electron chi connectivity index (χ3n) is 1.73. The lowest BCUT2D eigenvalue weighted by Gasteiger charge is -2.04. The molecule has 0 saturated carbocycles. The van der Waals surface area contributed by atoms with Crippen LogP contribution in [0, 0.1) is 12.7 Å². The summed E-state index contributed by atoms with van der Waals surface area (Å²) in [6.45, 7) is 5.38. The van der Waals surface area contributed by atoms with E-state index in [9.17, 15) is 4.39 Å². The summed E-state index contributed by atoms with van der Waals surface area (Å²) in [5.41, 5.74) is 1.42. The summed E-state index contributed by atoms with van der Waals surface area (Å²) in [6.07, 6.45) is 0. The normalized spacial score (nSPS) is 9.58. The van der Waals surface area contributed by atoms with Crippen molar-refractivity contribution in [2.75, 3.05) is 7.11 Å². The van der Waals surface area contributed by atoms with E-state index >= 15 is 0 Å². The molecule has 0 unspecified atom stereocenters. The SMILES string of the molecule is C=C(OC)c1ccc(F)c(C)c1. The van der Waals surface area contributed by atoms with Gasteiger partial charge < -0.3 is 4.74 Å². The first kappa shape index (κ1) is 8.78. The molecule has 0 bridgehead atoms. The van der Waals surface area contributed by atoms with Crippen molar-refractivity contribution in [2.24, 2.45) is 0 Å². The van der Waals surface area contributed by atoms with Gasteiger partial charge in [0.05, 0.1) is 7.11 Å².